The highest BCUT2D eigenvalue weighted by Gasteiger charge is 2.29. The first-order valence-electron chi connectivity index (χ1n) is 5.88. The molecular weight excluding hydrogens is 255 g/mol. The number of nitrogens with zero attached hydrogens (tertiary/aromatic N) is 1. The van der Waals surface area contributed by atoms with Crippen molar-refractivity contribution in [1.29, 1.82) is 0 Å². The molecule has 0 atom stereocenters. The summed E-state index contributed by atoms with van der Waals surface area (Å²) in [5.74, 6) is -0.577. The van der Waals surface area contributed by atoms with Crippen LogP contribution >= 0.6 is 11.6 Å². The van der Waals surface area contributed by atoms with Gasteiger partial charge in [0.1, 0.15) is 5.82 Å². The lowest BCUT2D eigenvalue weighted by Crippen LogP contribution is -2.58. The summed E-state index contributed by atoms with van der Waals surface area (Å²) >= 11 is 5.91. The zero-order valence-electron chi connectivity index (χ0n) is 10.5. The van der Waals surface area contributed by atoms with Crippen molar-refractivity contribution in [2.45, 2.75) is 19.4 Å². The highest BCUT2D eigenvalue weighted by Crippen LogP contribution is 2.21. The number of carbonyl (C=O) groups excluding carboxylic acids is 1. The van der Waals surface area contributed by atoms with Crippen LogP contribution in [-0.2, 0) is 0 Å². The fourth-order valence-electron chi connectivity index (χ4n) is 2.15. The summed E-state index contributed by atoms with van der Waals surface area (Å²) in [6.45, 7) is 6.07. The summed E-state index contributed by atoms with van der Waals surface area (Å²) in [7, 11) is 0. The summed E-state index contributed by atoms with van der Waals surface area (Å²) < 4.78 is 13.0. The van der Waals surface area contributed by atoms with Gasteiger partial charge in [-0.25, -0.2) is 4.39 Å². The first-order chi connectivity index (χ1) is 8.39. The Morgan fingerprint density at radius 1 is 1.50 bits per heavy atom. The van der Waals surface area contributed by atoms with Crippen LogP contribution in [0.3, 0.4) is 0 Å². The topological polar surface area (TPSA) is 32.3 Å². The van der Waals surface area contributed by atoms with Gasteiger partial charge in [-0.3, -0.25) is 4.79 Å². The van der Waals surface area contributed by atoms with Crippen LogP contribution in [0, 0.1) is 5.82 Å². The molecule has 18 heavy (non-hydrogen) atoms. The molecule has 1 aliphatic heterocycles. The third kappa shape index (κ3) is 2.82. The van der Waals surface area contributed by atoms with E-state index in [2.05, 4.69) is 5.32 Å². The molecule has 1 aromatic rings. The maximum Gasteiger partial charge on any atom is 0.255 e. The second-order valence-corrected chi connectivity index (χ2v) is 5.57. The Morgan fingerprint density at radius 2 is 2.22 bits per heavy atom. The Labute approximate surface area is 111 Å². The number of amides is 1. The monoisotopic (exact) mass is 270 g/mol. The second kappa shape index (κ2) is 4.86. The number of carbonyl (C=O) groups is 1. The number of halogens is 2. The molecule has 3 nitrogen and oxygen atoms in total. The van der Waals surface area contributed by atoms with E-state index in [0.29, 0.717) is 18.7 Å². The minimum atomic E-state index is -0.433. The van der Waals surface area contributed by atoms with Gasteiger partial charge in [0.15, 0.2) is 0 Å². The second-order valence-electron chi connectivity index (χ2n) is 5.16. The minimum Gasteiger partial charge on any atom is -0.335 e. The lowest BCUT2D eigenvalue weighted by atomic mass is 10.0. The lowest BCUT2D eigenvalue weighted by molar-refractivity contribution is 0.0652. The third-order valence-corrected chi connectivity index (χ3v) is 3.33. The quantitative estimate of drug-likeness (QED) is 0.849. The molecule has 0 bridgehead atoms. The molecular formula is C13H16ClFN2O. The molecule has 0 aromatic heterocycles. The molecule has 0 radical (unpaired) electrons. The number of hydrogen-bond donors (Lipinski definition) is 1. The van der Waals surface area contributed by atoms with Crippen molar-refractivity contribution in [1.82, 2.24) is 10.2 Å². The zero-order valence-corrected chi connectivity index (χ0v) is 11.2. The van der Waals surface area contributed by atoms with Crippen molar-refractivity contribution in [3.05, 3.63) is 34.6 Å². The largest absolute Gasteiger partial charge is 0.335 e. The first kappa shape index (κ1) is 13.3. The third-order valence-electron chi connectivity index (χ3n) is 3.02. The summed E-state index contributed by atoms with van der Waals surface area (Å²) in [5, 5.41) is 3.49. The van der Waals surface area contributed by atoms with Crippen molar-refractivity contribution < 1.29 is 9.18 Å². The molecule has 5 heteroatoms. The molecule has 1 aromatic carbocycles. The van der Waals surface area contributed by atoms with Crippen LogP contribution in [0.15, 0.2) is 18.2 Å². The van der Waals surface area contributed by atoms with Crippen LogP contribution < -0.4 is 5.32 Å². The number of benzene rings is 1. The van der Waals surface area contributed by atoms with E-state index in [0.717, 1.165) is 6.54 Å². The van der Waals surface area contributed by atoms with E-state index in [1.165, 1.54) is 18.2 Å². The average Bonchev–Trinajstić information content (AvgIpc) is 2.27. The van der Waals surface area contributed by atoms with E-state index >= 15 is 0 Å². The fraction of sp³-hybridized carbons (Fsp3) is 0.462. The SMILES string of the molecule is CC1(C)CN(C(=O)c2ccc(F)cc2Cl)CCN1. The van der Waals surface area contributed by atoms with Gasteiger partial charge >= 0.3 is 0 Å². The van der Waals surface area contributed by atoms with E-state index < -0.39 is 5.82 Å². The van der Waals surface area contributed by atoms with Crippen LogP contribution in [0.4, 0.5) is 4.39 Å². The lowest BCUT2D eigenvalue weighted by Gasteiger charge is -2.39. The Balaban J connectivity index is 2.20. The minimum absolute atomic E-state index is 0.111. The maximum absolute atomic E-state index is 13.0. The molecule has 1 fully saturated rings. The Hall–Kier alpha value is -1.13. The summed E-state index contributed by atoms with van der Waals surface area (Å²) in [6, 6.07) is 3.86. The van der Waals surface area contributed by atoms with Gasteiger partial charge in [0.05, 0.1) is 10.6 Å². The van der Waals surface area contributed by atoms with Gasteiger partial charge in [-0.1, -0.05) is 11.6 Å². The van der Waals surface area contributed by atoms with Crippen LogP contribution in [0.1, 0.15) is 24.2 Å². The Kier molecular flexibility index (Phi) is 3.59. The molecule has 1 saturated heterocycles. The number of piperazine rings is 1. The molecule has 0 spiro atoms. The van der Waals surface area contributed by atoms with E-state index in [4.69, 9.17) is 11.6 Å². The predicted molar refractivity (Wildman–Crippen MR) is 69.4 cm³/mol. The number of hydrogen-bond acceptors (Lipinski definition) is 2. The van der Waals surface area contributed by atoms with Crippen molar-refractivity contribution >= 4 is 17.5 Å². The Morgan fingerprint density at radius 3 is 2.83 bits per heavy atom. The predicted octanol–water partition coefficient (Wildman–Crippen LogP) is 2.30. The number of rotatable bonds is 1. The first-order valence-corrected chi connectivity index (χ1v) is 6.26. The van der Waals surface area contributed by atoms with Gasteiger partial charge in [-0.05, 0) is 32.0 Å². The molecule has 2 rings (SSSR count). The number of nitrogens with one attached hydrogen (secondary N) is 1. The summed E-state index contributed by atoms with van der Waals surface area (Å²) in [4.78, 5) is 14.1. The zero-order chi connectivity index (χ0) is 13.3. The normalized spacial score (nSPS) is 18.8. The molecule has 98 valence electrons. The highest BCUT2D eigenvalue weighted by molar-refractivity contribution is 6.33. The maximum atomic E-state index is 13.0. The van der Waals surface area contributed by atoms with E-state index in [9.17, 15) is 9.18 Å². The van der Waals surface area contributed by atoms with E-state index in [1.807, 2.05) is 13.8 Å². The van der Waals surface area contributed by atoms with E-state index in [1.54, 1.807) is 4.90 Å². The fourth-order valence-corrected chi connectivity index (χ4v) is 2.40. The van der Waals surface area contributed by atoms with Crippen LogP contribution in [-0.4, -0.2) is 36.0 Å². The smallest absolute Gasteiger partial charge is 0.255 e. The molecule has 1 N–H and O–H groups in total. The Bertz CT molecular complexity index is 476. The van der Waals surface area contributed by atoms with Crippen LogP contribution in [0.5, 0.6) is 0 Å². The van der Waals surface area contributed by atoms with Crippen molar-refractivity contribution in [2.24, 2.45) is 0 Å². The van der Waals surface area contributed by atoms with Crippen LogP contribution in [0.2, 0.25) is 5.02 Å². The molecule has 0 aliphatic carbocycles. The molecule has 1 aliphatic rings. The van der Waals surface area contributed by atoms with Crippen molar-refractivity contribution in [2.75, 3.05) is 19.6 Å². The summed E-state index contributed by atoms with van der Waals surface area (Å²) in [6.07, 6.45) is 0. The standard InChI is InChI=1S/C13H16ClFN2O/c1-13(2)8-17(6-5-16-13)12(18)10-4-3-9(15)7-11(10)14/h3-4,7,16H,5-6,8H2,1-2H3. The molecule has 1 amide bonds. The van der Waals surface area contributed by atoms with E-state index in [-0.39, 0.29) is 16.5 Å². The molecule has 0 unspecified atom stereocenters. The van der Waals surface area contributed by atoms with Crippen molar-refractivity contribution in [3.8, 4) is 0 Å². The highest BCUT2D eigenvalue weighted by atomic mass is 35.5. The summed E-state index contributed by atoms with van der Waals surface area (Å²) in [5.41, 5.74) is 0.246. The van der Waals surface area contributed by atoms with Gasteiger partial charge in [0.25, 0.3) is 5.91 Å². The van der Waals surface area contributed by atoms with Gasteiger partial charge in [-0.15, -0.1) is 0 Å². The van der Waals surface area contributed by atoms with Crippen LogP contribution in [0.25, 0.3) is 0 Å². The molecule has 0 saturated carbocycles. The van der Waals surface area contributed by atoms with Gasteiger partial charge in [-0.2, -0.15) is 0 Å². The van der Waals surface area contributed by atoms with Gasteiger partial charge in [0, 0.05) is 25.2 Å². The van der Waals surface area contributed by atoms with Crippen molar-refractivity contribution in [3.63, 3.8) is 0 Å². The molecule has 1 heterocycles. The van der Waals surface area contributed by atoms with Gasteiger partial charge < -0.3 is 10.2 Å². The van der Waals surface area contributed by atoms with Gasteiger partial charge in [0.2, 0.25) is 0 Å². The average molecular weight is 271 g/mol.